The molecule has 0 heterocycles. The molecule has 19 heavy (non-hydrogen) atoms. The van der Waals surface area contributed by atoms with E-state index in [9.17, 15) is 15.0 Å². The lowest BCUT2D eigenvalue weighted by molar-refractivity contribution is -0.109. The highest BCUT2D eigenvalue weighted by Gasteiger charge is 2.18. The molecular formula is C15H22O3S. The van der Waals surface area contributed by atoms with Crippen LogP contribution in [0.2, 0.25) is 0 Å². The molecule has 0 aliphatic rings. The molecule has 2 unspecified atom stereocenters. The van der Waals surface area contributed by atoms with Gasteiger partial charge in [-0.1, -0.05) is 49.4 Å². The van der Waals surface area contributed by atoms with Crippen LogP contribution < -0.4 is 0 Å². The standard InChI is InChI=1S/C15H22O3S/c1-3-4-5-12-6-8-13(9-7-12)15(18)14(17)10-19-11(2)16/h6-9,14-15,17-18H,3-5,10H2,1-2H3. The predicted octanol–water partition coefficient (Wildman–Crippen LogP) is 2.70. The number of rotatable bonds is 7. The largest absolute Gasteiger partial charge is 0.389 e. The van der Waals surface area contributed by atoms with Gasteiger partial charge < -0.3 is 10.2 Å². The first-order chi connectivity index (χ1) is 9.04. The summed E-state index contributed by atoms with van der Waals surface area (Å²) < 4.78 is 0. The monoisotopic (exact) mass is 282 g/mol. The van der Waals surface area contributed by atoms with Gasteiger partial charge >= 0.3 is 0 Å². The first-order valence-corrected chi connectivity index (χ1v) is 7.61. The number of carbonyl (C=O) groups excluding carboxylic acids is 1. The molecule has 4 heteroatoms. The number of hydrogen-bond donors (Lipinski definition) is 2. The van der Waals surface area contributed by atoms with Crippen LogP contribution in [0.1, 0.15) is 43.9 Å². The molecule has 2 N–H and O–H groups in total. The molecular weight excluding hydrogens is 260 g/mol. The van der Waals surface area contributed by atoms with Crippen LogP contribution in [-0.2, 0) is 11.2 Å². The molecule has 0 aliphatic heterocycles. The van der Waals surface area contributed by atoms with E-state index in [0.29, 0.717) is 5.56 Å². The molecule has 0 saturated carbocycles. The number of hydrogen-bond acceptors (Lipinski definition) is 4. The van der Waals surface area contributed by atoms with Gasteiger partial charge in [0, 0.05) is 12.7 Å². The van der Waals surface area contributed by atoms with Gasteiger partial charge in [0.1, 0.15) is 6.10 Å². The van der Waals surface area contributed by atoms with E-state index in [2.05, 4.69) is 6.92 Å². The molecule has 0 fully saturated rings. The van der Waals surface area contributed by atoms with Crippen molar-refractivity contribution >= 4 is 16.9 Å². The summed E-state index contributed by atoms with van der Waals surface area (Å²) in [7, 11) is 0. The van der Waals surface area contributed by atoms with E-state index in [0.717, 1.165) is 31.0 Å². The lowest BCUT2D eigenvalue weighted by atomic mass is 10.0. The molecule has 0 saturated heterocycles. The second kappa shape index (κ2) is 8.35. The molecule has 3 nitrogen and oxygen atoms in total. The first-order valence-electron chi connectivity index (χ1n) is 6.63. The van der Waals surface area contributed by atoms with E-state index < -0.39 is 12.2 Å². The molecule has 106 valence electrons. The van der Waals surface area contributed by atoms with E-state index >= 15 is 0 Å². The van der Waals surface area contributed by atoms with Crippen molar-refractivity contribution in [2.75, 3.05) is 5.75 Å². The summed E-state index contributed by atoms with van der Waals surface area (Å²) in [4.78, 5) is 10.8. The number of aryl methyl sites for hydroxylation is 1. The maximum absolute atomic E-state index is 10.8. The van der Waals surface area contributed by atoms with E-state index in [1.807, 2.05) is 24.3 Å². The number of unbranched alkanes of at least 4 members (excludes halogenated alkanes) is 1. The van der Waals surface area contributed by atoms with E-state index in [-0.39, 0.29) is 10.9 Å². The zero-order chi connectivity index (χ0) is 14.3. The van der Waals surface area contributed by atoms with Crippen LogP contribution in [0.25, 0.3) is 0 Å². The maximum atomic E-state index is 10.8. The van der Waals surface area contributed by atoms with Crippen LogP contribution >= 0.6 is 11.8 Å². The minimum atomic E-state index is -0.938. The Morgan fingerprint density at radius 3 is 2.42 bits per heavy atom. The number of thioether (sulfide) groups is 1. The molecule has 1 aromatic carbocycles. The summed E-state index contributed by atoms with van der Waals surface area (Å²) >= 11 is 1.03. The van der Waals surface area contributed by atoms with E-state index in [1.54, 1.807) is 0 Å². The Balaban J connectivity index is 2.56. The third-order valence-corrected chi connectivity index (χ3v) is 3.88. The molecule has 0 spiro atoms. The molecule has 0 radical (unpaired) electrons. The number of benzene rings is 1. The van der Waals surface area contributed by atoms with Gasteiger partial charge in [-0.15, -0.1) is 0 Å². The van der Waals surface area contributed by atoms with E-state index in [1.165, 1.54) is 12.5 Å². The van der Waals surface area contributed by atoms with Crippen molar-refractivity contribution in [1.29, 1.82) is 0 Å². The molecule has 2 atom stereocenters. The smallest absolute Gasteiger partial charge is 0.185 e. The molecule has 0 amide bonds. The fraction of sp³-hybridized carbons (Fsp3) is 0.533. The zero-order valence-corrected chi connectivity index (χ0v) is 12.3. The summed E-state index contributed by atoms with van der Waals surface area (Å²) in [5.74, 6) is 0.216. The van der Waals surface area contributed by atoms with Crippen LogP contribution in [0.3, 0.4) is 0 Å². The number of carbonyl (C=O) groups is 1. The number of aliphatic hydroxyl groups excluding tert-OH is 2. The van der Waals surface area contributed by atoms with Crippen molar-refractivity contribution in [3.63, 3.8) is 0 Å². The van der Waals surface area contributed by atoms with Crippen molar-refractivity contribution in [2.24, 2.45) is 0 Å². The second-order valence-corrected chi connectivity index (χ2v) is 5.86. The highest BCUT2D eigenvalue weighted by atomic mass is 32.2. The third kappa shape index (κ3) is 5.76. The fourth-order valence-electron chi connectivity index (χ4n) is 1.78. The zero-order valence-electron chi connectivity index (χ0n) is 11.5. The molecule has 0 bridgehead atoms. The highest BCUT2D eigenvalue weighted by Crippen LogP contribution is 2.21. The van der Waals surface area contributed by atoms with Crippen LogP contribution in [0, 0.1) is 0 Å². The van der Waals surface area contributed by atoms with Gasteiger partial charge in [-0.2, -0.15) is 0 Å². The number of aliphatic hydroxyl groups is 2. The maximum Gasteiger partial charge on any atom is 0.185 e. The van der Waals surface area contributed by atoms with Gasteiger partial charge in [-0.05, 0) is 24.0 Å². The van der Waals surface area contributed by atoms with Crippen LogP contribution in [0.4, 0.5) is 0 Å². The average molecular weight is 282 g/mol. The first kappa shape index (κ1) is 16.2. The minimum Gasteiger partial charge on any atom is -0.389 e. The lowest BCUT2D eigenvalue weighted by Crippen LogP contribution is -2.21. The Hall–Kier alpha value is -0.840. The Morgan fingerprint density at radius 1 is 1.26 bits per heavy atom. The Kier molecular flexibility index (Phi) is 7.13. The Labute approximate surface area is 119 Å². The van der Waals surface area contributed by atoms with Gasteiger partial charge in [-0.25, -0.2) is 0 Å². The predicted molar refractivity (Wildman–Crippen MR) is 79.2 cm³/mol. The van der Waals surface area contributed by atoms with Gasteiger partial charge in [-0.3, -0.25) is 4.79 Å². The van der Waals surface area contributed by atoms with Crippen LogP contribution in [0.15, 0.2) is 24.3 Å². The highest BCUT2D eigenvalue weighted by molar-refractivity contribution is 8.13. The Morgan fingerprint density at radius 2 is 1.89 bits per heavy atom. The summed E-state index contributed by atoms with van der Waals surface area (Å²) in [6.45, 7) is 3.60. The Bertz CT molecular complexity index is 389. The quantitative estimate of drug-likeness (QED) is 0.807. The lowest BCUT2D eigenvalue weighted by Gasteiger charge is -2.17. The summed E-state index contributed by atoms with van der Waals surface area (Å²) in [6.07, 6.45) is 1.49. The molecule has 0 aliphatic carbocycles. The SMILES string of the molecule is CCCCc1ccc(C(O)C(O)CSC(C)=O)cc1. The average Bonchev–Trinajstić information content (AvgIpc) is 2.42. The fourth-order valence-corrected chi connectivity index (χ4v) is 2.37. The topological polar surface area (TPSA) is 57.5 Å². The minimum absolute atomic E-state index is 0.0545. The van der Waals surface area contributed by atoms with Gasteiger partial charge in [0.2, 0.25) is 0 Å². The molecule has 1 aromatic rings. The summed E-state index contributed by atoms with van der Waals surface area (Å²) in [5.41, 5.74) is 1.93. The van der Waals surface area contributed by atoms with Crippen molar-refractivity contribution in [3.8, 4) is 0 Å². The normalized spacial score (nSPS) is 14.1. The summed E-state index contributed by atoms with van der Waals surface area (Å²) in [6, 6.07) is 7.66. The van der Waals surface area contributed by atoms with Crippen LogP contribution in [0.5, 0.6) is 0 Å². The van der Waals surface area contributed by atoms with Crippen LogP contribution in [-0.4, -0.2) is 27.2 Å². The van der Waals surface area contributed by atoms with Gasteiger partial charge in [0.05, 0.1) is 6.10 Å². The van der Waals surface area contributed by atoms with Crippen molar-refractivity contribution in [2.45, 2.75) is 45.3 Å². The second-order valence-electron chi connectivity index (χ2n) is 4.66. The van der Waals surface area contributed by atoms with Gasteiger partial charge in [0.25, 0.3) is 0 Å². The third-order valence-electron chi connectivity index (χ3n) is 2.96. The van der Waals surface area contributed by atoms with Gasteiger partial charge in [0.15, 0.2) is 5.12 Å². The van der Waals surface area contributed by atoms with E-state index in [4.69, 9.17) is 0 Å². The summed E-state index contributed by atoms with van der Waals surface area (Å²) in [5, 5.41) is 19.7. The van der Waals surface area contributed by atoms with Crippen molar-refractivity contribution in [3.05, 3.63) is 35.4 Å². The van der Waals surface area contributed by atoms with Crippen molar-refractivity contribution in [1.82, 2.24) is 0 Å². The molecule has 0 aromatic heterocycles. The molecule has 1 rings (SSSR count). The van der Waals surface area contributed by atoms with Crippen molar-refractivity contribution < 1.29 is 15.0 Å².